The van der Waals surface area contributed by atoms with Crippen molar-refractivity contribution < 1.29 is 23.1 Å². The largest absolute Gasteiger partial charge is 0.494 e. The molecular weight excluding hydrogens is 458 g/mol. The van der Waals surface area contributed by atoms with Crippen molar-refractivity contribution in [1.29, 1.82) is 0 Å². The molecule has 0 bridgehead atoms. The fraction of sp³-hybridized carbons (Fsp3) is 0.480. The molecule has 1 heterocycles. The molecule has 0 amide bonds. The first-order valence-corrected chi connectivity index (χ1v) is 13.8. The Morgan fingerprint density at radius 2 is 1.79 bits per heavy atom. The maximum Gasteiger partial charge on any atom is 0.308 e. The normalized spacial score (nSPS) is 21.8. The summed E-state index contributed by atoms with van der Waals surface area (Å²) >= 11 is 1.64. The third kappa shape index (κ3) is 6.11. The Morgan fingerprint density at radius 3 is 2.33 bits per heavy atom. The van der Waals surface area contributed by atoms with Crippen LogP contribution in [0.2, 0.25) is 0 Å². The maximum atomic E-state index is 13.7. The summed E-state index contributed by atoms with van der Waals surface area (Å²) in [6, 6.07) is 13.7. The van der Waals surface area contributed by atoms with E-state index in [0.717, 1.165) is 22.6 Å². The van der Waals surface area contributed by atoms with E-state index in [2.05, 4.69) is 13.8 Å². The van der Waals surface area contributed by atoms with Gasteiger partial charge in [-0.3, -0.25) is 4.79 Å². The summed E-state index contributed by atoms with van der Waals surface area (Å²) in [5.74, 6) is 0.245. The first kappa shape index (κ1) is 25.6. The first-order valence-electron chi connectivity index (χ1n) is 11.3. The molecule has 0 spiro atoms. The van der Waals surface area contributed by atoms with Crippen LogP contribution in [0.1, 0.15) is 44.4 Å². The third-order valence-corrected chi connectivity index (χ3v) is 9.49. The predicted molar refractivity (Wildman–Crippen MR) is 132 cm³/mol. The highest BCUT2D eigenvalue weighted by Gasteiger charge is 2.45. The van der Waals surface area contributed by atoms with E-state index in [1.165, 1.54) is 4.31 Å². The Balaban J connectivity index is 2.02. The molecule has 1 saturated heterocycles. The van der Waals surface area contributed by atoms with E-state index in [4.69, 9.17) is 4.74 Å². The standard InChI is InChI=1S/C25H33NO5S2/c1-5-31-20-10-8-19(9-11-20)23-14-24(32-16-17(2)3)22(25(27)28)15-26(23)33(29,30)21-12-6-18(4)7-13-21/h6-13,17,22-24H,5,14-16H2,1-4H3,(H,27,28)/t22-,23+,24-/m1/s1. The highest BCUT2D eigenvalue weighted by atomic mass is 32.2. The molecule has 3 rings (SSSR count). The minimum Gasteiger partial charge on any atom is -0.494 e. The quantitative estimate of drug-likeness (QED) is 0.532. The van der Waals surface area contributed by atoms with Crippen molar-refractivity contribution in [2.45, 2.75) is 50.3 Å². The molecule has 8 heteroatoms. The van der Waals surface area contributed by atoms with Crippen molar-refractivity contribution in [2.75, 3.05) is 18.9 Å². The molecule has 1 aliphatic heterocycles. The van der Waals surface area contributed by atoms with E-state index >= 15 is 0 Å². The molecule has 1 fully saturated rings. The Labute approximate surface area is 201 Å². The number of carboxylic acids is 1. The highest BCUT2D eigenvalue weighted by molar-refractivity contribution is 7.99. The second kappa shape index (κ2) is 10.9. The van der Waals surface area contributed by atoms with Gasteiger partial charge >= 0.3 is 5.97 Å². The van der Waals surface area contributed by atoms with Gasteiger partial charge in [0.15, 0.2) is 0 Å². The van der Waals surface area contributed by atoms with E-state index < -0.39 is 28.0 Å². The van der Waals surface area contributed by atoms with Crippen LogP contribution in [-0.2, 0) is 14.8 Å². The van der Waals surface area contributed by atoms with Gasteiger partial charge in [0.25, 0.3) is 0 Å². The average Bonchev–Trinajstić information content (AvgIpc) is 2.78. The lowest BCUT2D eigenvalue weighted by Gasteiger charge is -2.42. The molecular formula is C25H33NO5S2. The minimum atomic E-state index is -3.89. The van der Waals surface area contributed by atoms with Gasteiger partial charge in [-0.05, 0) is 61.8 Å². The summed E-state index contributed by atoms with van der Waals surface area (Å²) in [6.45, 7) is 8.50. The van der Waals surface area contributed by atoms with Gasteiger partial charge in [0.05, 0.1) is 23.5 Å². The summed E-state index contributed by atoms with van der Waals surface area (Å²) < 4.78 is 34.3. The molecule has 33 heavy (non-hydrogen) atoms. The molecule has 2 aromatic carbocycles. The smallest absolute Gasteiger partial charge is 0.308 e. The lowest BCUT2D eigenvalue weighted by atomic mass is 9.90. The van der Waals surface area contributed by atoms with Crippen molar-refractivity contribution in [1.82, 2.24) is 4.31 Å². The lowest BCUT2D eigenvalue weighted by molar-refractivity contribution is -0.143. The molecule has 2 aromatic rings. The number of benzene rings is 2. The number of aliphatic carboxylic acids is 1. The van der Waals surface area contributed by atoms with Crippen molar-refractivity contribution in [3.63, 3.8) is 0 Å². The van der Waals surface area contributed by atoms with Gasteiger partial charge in [-0.2, -0.15) is 16.1 Å². The molecule has 0 saturated carbocycles. The second-order valence-electron chi connectivity index (χ2n) is 8.85. The molecule has 0 radical (unpaired) electrons. The van der Waals surface area contributed by atoms with Gasteiger partial charge < -0.3 is 9.84 Å². The van der Waals surface area contributed by atoms with Crippen LogP contribution in [-0.4, -0.2) is 48.0 Å². The molecule has 0 unspecified atom stereocenters. The minimum absolute atomic E-state index is 0.0564. The van der Waals surface area contributed by atoms with Crippen LogP contribution >= 0.6 is 11.8 Å². The zero-order valence-electron chi connectivity index (χ0n) is 19.6. The van der Waals surface area contributed by atoms with Crippen LogP contribution in [0.15, 0.2) is 53.4 Å². The van der Waals surface area contributed by atoms with E-state index in [1.54, 1.807) is 36.0 Å². The second-order valence-corrected chi connectivity index (χ2v) is 12.0. The summed E-state index contributed by atoms with van der Waals surface area (Å²) in [5, 5.41) is 9.79. The van der Waals surface area contributed by atoms with Crippen molar-refractivity contribution in [3.8, 4) is 5.75 Å². The number of hydrogen-bond acceptors (Lipinski definition) is 5. The molecule has 0 aliphatic carbocycles. The molecule has 6 nitrogen and oxygen atoms in total. The van der Waals surface area contributed by atoms with Crippen molar-refractivity contribution >= 4 is 27.8 Å². The lowest BCUT2D eigenvalue weighted by Crippen LogP contribution is -2.49. The fourth-order valence-corrected chi connectivity index (χ4v) is 7.08. The Kier molecular flexibility index (Phi) is 8.48. The fourth-order valence-electron chi connectivity index (χ4n) is 4.04. The van der Waals surface area contributed by atoms with Crippen LogP contribution in [0.25, 0.3) is 0 Å². The number of sulfonamides is 1. The monoisotopic (exact) mass is 491 g/mol. The number of hydrogen-bond donors (Lipinski definition) is 1. The first-order chi connectivity index (χ1) is 15.6. The Morgan fingerprint density at radius 1 is 1.15 bits per heavy atom. The number of aryl methyl sites for hydroxylation is 1. The number of nitrogens with zero attached hydrogens (tertiary/aromatic N) is 1. The van der Waals surface area contributed by atoms with Crippen LogP contribution in [0.4, 0.5) is 0 Å². The van der Waals surface area contributed by atoms with Crippen molar-refractivity contribution in [3.05, 3.63) is 59.7 Å². The topological polar surface area (TPSA) is 83.9 Å². The number of thioether (sulfide) groups is 1. The third-order valence-electron chi connectivity index (χ3n) is 5.79. The van der Waals surface area contributed by atoms with E-state index in [-0.39, 0.29) is 16.7 Å². The van der Waals surface area contributed by atoms with Gasteiger partial charge in [0, 0.05) is 11.8 Å². The average molecular weight is 492 g/mol. The summed E-state index contributed by atoms with van der Waals surface area (Å²) in [5.41, 5.74) is 1.80. The Hall–Kier alpha value is -2.03. The van der Waals surface area contributed by atoms with Crippen LogP contribution in [0.3, 0.4) is 0 Å². The number of piperidine rings is 1. The zero-order valence-corrected chi connectivity index (χ0v) is 21.2. The molecule has 180 valence electrons. The number of ether oxygens (including phenoxy) is 1. The van der Waals surface area contributed by atoms with Gasteiger partial charge in [0.2, 0.25) is 10.0 Å². The van der Waals surface area contributed by atoms with E-state index in [0.29, 0.717) is 18.9 Å². The Bertz CT molecular complexity index is 1040. The SMILES string of the molecule is CCOc1ccc([C@@H]2C[C@@H](SCC(C)C)[C@H](C(=O)O)CN2S(=O)(=O)c2ccc(C)cc2)cc1. The van der Waals surface area contributed by atoms with Gasteiger partial charge in [-0.15, -0.1) is 0 Å². The van der Waals surface area contributed by atoms with E-state index in [9.17, 15) is 18.3 Å². The predicted octanol–water partition coefficient (Wildman–Crippen LogP) is 4.99. The zero-order chi connectivity index (χ0) is 24.2. The van der Waals surface area contributed by atoms with Gasteiger partial charge in [-0.1, -0.05) is 43.7 Å². The molecule has 1 aliphatic rings. The highest BCUT2D eigenvalue weighted by Crippen LogP contribution is 2.42. The molecule has 1 N–H and O–H groups in total. The van der Waals surface area contributed by atoms with Crippen LogP contribution < -0.4 is 4.74 Å². The van der Waals surface area contributed by atoms with Gasteiger partial charge in [0.1, 0.15) is 5.75 Å². The van der Waals surface area contributed by atoms with Gasteiger partial charge in [-0.25, -0.2) is 8.42 Å². The number of carbonyl (C=O) groups is 1. The number of rotatable bonds is 9. The molecule has 0 aromatic heterocycles. The van der Waals surface area contributed by atoms with Crippen LogP contribution in [0.5, 0.6) is 5.75 Å². The summed E-state index contributed by atoms with van der Waals surface area (Å²) in [6.07, 6.45) is 0.438. The van der Waals surface area contributed by atoms with E-state index in [1.807, 2.05) is 38.1 Å². The number of carboxylic acid groups (broad SMARTS) is 1. The maximum absolute atomic E-state index is 13.7. The van der Waals surface area contributed by atoms with Crippen LogP contribution in [0, 0.1) is 18.8 Å². The van der Waals surface area contributed by atoms with Crippen molar-refractivity contribution in [2.24, 2.45) is 11.8 Å². The summed E-state index contributed by atoms with van der Waals surface area (Å²) in [4.78, 5) is 12.4. The molecule has 3 atom stereocenters. The summed E-state index contributed by atoms with van der Waals surface area (Å²) in [7, 11) is -3.89.